The first kappa shape index (κ1) is 16.5. The molecule has 0 saturated carbocycles. The lowest BCUT2D eigenvalue weighted by molar-refractivity contribution is 0.458. The number of nitrogens with zero attached hydrogens (tertiary/aromatic N) is 5. The molecule has 3 rings (SSSR count). The smallest absolute Gasteiger partial charge is 0.224 e. The van der Waals surface area contributed by atoms with Crippen LogP contribution in [-0.4, -0.2) is 19.7 Å². The summed E-state index contributed by atoms with van der Waals surface area (Å²) in [4.78, 5) is 8.66. The summed E-state index contributed by atoms with van der Waals surface area (Å²) >= 11 is 0. The Morgan fingerprint density at radius 1 is 1.04 bits per heavy atom. The van der Waals surface area contributed by atoms with Crippen LogP contribution in [0.3, 0.4) is 0 Å². The molecule has 0 spiro atoms. The zero-order valence-corrected chi connectivity index (χ0v) is 14.5. The first-order valence-electron chi connectivity index (χ1n) is 7.75. The van der Waals surface area contributed by atoms with E-state index in [0.29, 0.717) is 34.5 Å². The third-order valence-electron chi connectivity index (χ3n) is 3.64. The molecule has 0 amide bonds. The SMILES string of the molecule is Cc1cc(C)cc(Oc2cc(-n3nc(C)c(C#N)c3N)nc(C)n2)c1. The van der Waals surface area contributed by atoms with E-state index >= 15 is 0 Å². The number of rotatable bonds is 3. The molecule has 0 fully saturated rings. The molecular formula is C18H18N6O. The first-order chi connectivity index (χ1) is 11.9. The molecule has 25 heavy (non-hydrogen) atoms. The molecule has 0 bridgehead atoms. The minimum Gasteiger partial charge on any atom is -0.439 e. The van der Waals surface area contributed by atoms with Gasteiger partial charge in [-0.25, -0.2) is 4.98 Å². The second-order valence-electron chi connectivity index (χ2n) is 5.91. The van der Waals surface area contributed by atoms with Crippen LogP contribution in [0, 0.1) is 39.0 Å². The standard InChI is InChI=1S/C18H18N6O/c1-10-5-11(2)7-14(6-10)25-17-8-16(21-13(4)22-17)24-18(20)15(9-19)12(3)23-24/h5-8H,20H2,1-4H3. The molecule has 7 heteroatoms. The Hall–Kier alpha value is -3.40. The highest BCUT2D eigenvalue weighted by Crippen LogP contribution is 2.25. The zero-order chi connectivity index (χ0) is 18.1. The summed E-state index contributed by atoms with van der Waals surface area (Å²) in [5.74, 6) is 2.30. The summed E-state index contributed by atoms with van der Waals surface area (Å²) in [6.45, 7) is 7.50. The van der Waals surface area contributed by atoms with Gasteiger partial charge in [0.1, 0.15) is 29.0 Å². The van der Waals surface area contributed by atoms with Gasteiger partial charge in [-0.2, -0.15) is 20.0 Å². The molecule has 2 N–H and O–H groups in total. The number of ether oxygens (including phenoxy) is 1. The number of hydrogen-bond acceptors (Lipinski definition) is 6. The summed E-state index contributed by atoms with van der Waals surface area (Å²) in [5.41, 5.74) is 9.11. The van der Waals surface area contributed by atoms with Gasteiger partial charge in [-0.3, -0.25) is 0 Å². The van der Waals surface area contributed by atoms with Gasteiger partial charge in [-0.05, 0) is 51.0 Å². The van der Waals surface area contributed by atoms with Gasteiger partial charge >= 0.3 is 0 Å². The quantitative estimate of drug-likeness (QED) is 0.789. The van der Waals surface area contributed by atoms with Crippen LogP contribution in [-0.2, 0) is 0 Å². The van der Waals surface area contributed by atoms with E-state index in [4.69, 9.17) is 10.5 Å². The molecule has 126 valence electrons. The molecule has 1 aromatic carbocycles. The highest BCUT2D eigenvalue weighted by Gasteiger charge is 2.16. The summed E-state index contributed by atoms with van der Waals surface area (Å²) in [5, 5.41) is 13.5. The number of nitrogen functional groups attached to an aromatic ring is 1. The van der Waals surface area contributed by atoms with Crippen molar-refractivity contribution in [3.05, 3.63) is 52.5 Å². The highest BCUT2D eigenvalue weighted by atomic mass is 16.5. The lowest BCUT2D eigenvalue weighted by Crippen LogP contribution is -2.07. The normalized spacial score (nSPS) is 10.5. The van der Waals surface area contributed by atoms with Crippen LogP contribution in [0.4, 0.5) is 5.82 Å². The van der Waals surface area contributed by atoms with Crippen LogP contribution >= 0.6 is 0 Å². The van der Waals surface area contributed by atoms with Crippen LogP contribution in [0.5, 0.6) is 11.6 Å². The van der Waals surface area contributed by atoms with Gasteiger partial charge in [0.2, 0.25) is 5.88 Å². The van der Waals surface area contributed by atoms with Crippen molar-refractivity contribution in [2.24, 2.45) is 0 Å². The van der Waals surface area contributed by atoms with E-state index in [0.717, 1.165) is 11.1 Å². The maximum Gasteiger partial charge on any atom is 0.224 e. The number of nitrogens with two attached hydrogens (primary N) is 1. The zero-order valence-electron chi connectivity index (χ0n) is 14.5. The number of anilines is 1. The predicted molar refractivity (Wildman–Crippen MR) is 93.7 cm³/mol. The second-order valence-corrected chi connectivity index (χ2v) is 5.91. The Morgan fingerprint density at radius 2 is 1.72 bits per heavy atom. The maximum absolute atomic E-state index is 9.17. The third kappa shape index (κ3) is 3.28. The van der Waals surface area contributed by atoms with Gasteiger partial charge in [0.05, 0.1) is 5.69 Å². The van der Waals surface area contributed by atoms with Crippen LogP contribution in [0.2, 0.25) is 0 Å². The molecule has 2 heterocycles. The molecule has 0 saturated heterocycles. The molecule has 0 aliphatic carbocycles. The van der Waals surface area contributed by atoms with Crippen LogP contribution in [0.1, 0.15) is 28.2 Å². The van der Waals surface area contributed by atoms with Crippen molar-refractivity contribution in [3.8, 4) is 23.5 Å². The summed E-state index contributed by atoms with van der Waals surface area (Å²) in [6.07, 6.45) is 0. The van der Waals surface area contributed by atoms with E-state index < -0.39 is 0 Å². The van der Waals surface area contributed by atoms with E-state index in [2.05, 4.69) is 27.2 Å². The second kappa shape index (κ2) is 6.24. The van der Waals surface area contributed by atoms with Crippen molar-refractivity contribution in [2.45, 2.75) is 27.7 Å². The van der Waals surface area contributed by atoms with E-state index in [-0.39, 0.29) is 5.82 Å². The number of aromatic nitrogens is 4. The van der Waals surface area contributed by atoms with Crippen molar-refractivity contribution in [1.29, 1.82) is 5.26 Å². The molecule has 0 radical (unpaired) electrons. The number of hydrogen-bond donors (Lipinski definition) is 1. The largest absolute Gasteiger partial charge is 0.439 e. The molecule has 7 nitrogen and oxygen atoms in total. The predicted octanol–water partition coefficient (Wildman–Crippen LogP) is 3.14. The lowest BCUT2D eigenvalue weighted by Gasteiger charge is -2.10. The Balaban J connectivity index is 2.03. The highest BCUT2D eigenvalue weighted by molar-refractivity contribution is 5.55. The Kier molecular flexibility index (Phi) is 4.11. The van der Waals surface area contributed by atoms with Crippen LogP contribution < -0.4 is 10.5 Å². The summed E-state index contributed by atoms with van der Waals surface area (Å²) in [7, 11) is 0. The van der Waals surface area contributed by atoms with Gasteiger partial charge in [-0.1, -0.05) is 6.07 Å². The van der Waals surface area contributed by atoms with Gasteiger partial charge in [0, 0.05) is 6.07 Å². The van der Waals surface area contributed by atoms with E-state index in [9.17, 15) is 5.26 Å². The number of nitriles is 1. The topological polar surface area (TPSA) is 103 Å². The fraction of sp³-hybridized carbons (Fsp3) is 0.222. The Labute approximate surface area is 145 Å². The van der Waals surface area contributed by atoms with Crippen LogP contribution in [0.25, 0.3) is 5.82 Å². The fourth-order valence-corrected chi connectivity index (χ4v) is 2.66. The van der Waals surface area contributed by atoms with E-state index in [1.54, 1.807) is 19.9 Å². The third-order valence-corrected chi connectivity index (χ3v) is 3.64. The van der Waals surface area contributed by atoms with E-state index in [1.165, 1.54) is 4.68 Å². The molecule has 0 aliphatic rings. The van der Waals surface area contributed by atoms with Crippen molar-refractivity contribution in [2.75, 3.05) is 5.73 Å². The average Bonchev–Trinajstić information content (AvgIpc) is 2.79. The summed E-state index contributed by atoms with van der Waals surface area (Å²) < 4.78 is 7.32. The minimum atomic E-state index is 0.246. The molecule has 3 aromatic rings. The monoisotopic (exact) mass is 334 g/mol. The van der Waals surface area contributed by atoms with Gasteiger partial charge in [0.15, 0.2) is 5.82 Å². The minimum absolute atomic E-state index is 0.246. The first-order valence-corrected chi connectivity index (χ1v) is 7.75. The van der Waals surface area contributed by atoms with Crippen molar-refractivity contribution >= 4 is 5.82 Å². The van der Waals surface area contributed by atoms with Crippen molar-refractivity contribution < 1.29 is 4.74 Å². The maximum atomic E-state index is 9.17. The van der Waals surface area contributed by atoms with E-state index in [1.807, 2.05) is 26.0 Å². The van der Waals surface area contributed by atoms with Crippen LogP contribution in [0.15, 0.2) is 24.3 Å². The van der Waals surface area contributed by atoms with Crippen molar-refractivity contribution in [3.63, 3.8) is 0 Å². The van der Waals surface area contributed by atoms with Gasteiger partial charge < -0.3 is 10.5 Å². The number of benzene rings is 1. The molecule has 0 atom stereocenters. The van der Waals surface area contributed by atoms with Gasteiger partial charge in [0.25, 0.3) is 0 Å². The molecule has 0 unspecified atom stereocenters. The summed E-state index contributed by atoms with van der Waals surface area (Å²) in [6, 6.07) is 9.64. The van der Waals surface area contributed by atoms with Gasteiger partial charge in [-0.15, -0.1) is 0 Å². The Morgan fingerprint density at radius 3 is 2.32 bits per heavy atom. The number of aryl methyl sites for hydroxylation is 4. The molecular weight excluding hydrogens is 316 g/mol. The molecule has 2 aromatic heterocycles. The lowest BCUT2D eigenvalue weighted by atomic mass is 10.1. The molecule has 0 aliphatic heterocycles. The average molecular weight is 334 g/mol. The Bertz CT molecular complexity index is 979. The fourth-order valence-electron chi connectivity index (χ4n) is 2.66. The van der Waals surface area contributed by atoms with Crippen molar-refractivity contribution in [1.82, 2.24) is 19.7 Å².